The van der Waals surface area contributed by atoms with Crippen LogP contribution in [0.5, 0.6) is 5.75 Å². The second-order valence-corrected chi connectivity index (χ2v) is 8.01. The summed E-state index contributed by atoms with van der Waals surface area (Å²) in [6, 6.07) is 13.0. The van der Waals surface area contributed by atoms with Crippen molar-refractivity contribution in [1.29, 1.82) is 0 Å². The molecule has 0 bridgehead atoms. The summed E-state index contributed by atoms with van der Waals surface area (Å²) < 4.78 is 6.83. The standard InChI is InChI=1S/C22H25N5O3S/c1-14-5-6-15(2)18(11-14)24-21(29)13-31-22-26-25-19(27(22)3)12-20(28)23-16-7-9-17(30-4)10-8-16/h5-11H,12-13H2,1-4H3,(H,23,28)(H,24,29). The van der Waals surface area contributed by atoms with E-state index in [-0.39, 0.29) is 24.0 Å². The average Bonchev–Trinajstić information content (AvgIpc) is 3.09. The van der Waals surface area contributed by atoms with E-state index in [0.717, 1.165) is 22.6 Å². The first-order valence-electron chi connectivity index (χ1n) is 9.68. The van der Waals surface area contributed by atoms with Crippen molar-refractivity contribution >= 4 is 35.0 Å². The fraction of sp³-hybridized carbons (Fsp3) is 0.273. The van der Waals surface area contributed by atoms with Gasteiger partial charge in [0.05, 0.1) is 19.3 Å². The first-order valence-corrected chi connectivity index (χ1v) is 10.7. The highest BCUT2D eigenvalue weighted by molar-refractivity contribution is 7.99. The second kappa shape index (κ2) is 10.1. The second-order valence-electron chi connectivity index (χ2n) is 7.07. The maximum atomic E-state index is 12.3. The van der Waals surface area contributed by atoms with Crippen molar-refractivity contribution < 1.29 is 14.3 Å². The number of nitrogens with one attached hydrogen (secondary N) is 2. The molecule has 3 rings (SSSR count). The van der Waals surface area contributed by atoms with E-state index >= 15 is 0 Å². The Bertz CT molecular complexity index is 1080. The van der Waals surface area contributed by atoms with E-state index in [1.165, 1.54) is 11.8 Å². The number of nitrogens with zero attached hydrogens (tertiary/aromatic N) is 3. The Hall–Kier alpha value is -3.33. The van der Waals surface area contributed by atoms with Crippen LogP contribution in [0.4, 0.5) is 11.4 Å². The van der Waals surface area contributed by atoms with E-state index in [4.69, 9.17) is 4.74 Å². The van der Waals surface area contributed by atoms with Crippen LogP contribution in [-0.4, -0.2) is 39.4 Å². The van der Waals surface area contributed by atoms with Crippen LogP contribution in [0.25, 0.3) is 0 Å². The third kappa shape index (κ3) is 6.08. The molecular weight excluding hydrogens is 414 g/mol. The van der Waals surface area contributed by atoms with Gasteiger partial charge in [-0.25, -0.2) is 0 Å². The molecule has 0 aliphatic rings. The number of ether oxygens (including phenoxy) is 1. The molecule has 1 heterocycles. The molecule has 0 atom stereocenters. The topological polar surface area (TPSA) is 98.1 Å². The zero-order valence-electron chi connectivity index (χ0n) is 17.9. The number of rotatable bonds is 8. The van der Waals surface area contributed by atoms with Crippen molar-refractivity contribution in [3.8, 4) is 5.75 Å². The summed E-state index contributed by atoms with van der Waals surface area (Å²) in [6.07, 6.45) is 0.0742. The molecule has 1 aromatic heterocycles. The third-order valence-corrected chi connectivity index (χ3v) is 5.64. The lowest BCUT2D eigenvalue weighted by molar-refractivity contribution is -0.116. The minimum absolute atomic E-state index is 0.0742. The minimum Gasteiger partial charge on any atom is -0.497 e. The van der Waals surface area contributed by atoms with Crippen molar-refractivity contribution in [2.24, 2.45) is 7.05 Å². The zero-order valence-corrected chi connectivity index (χ0v) is 18.7. The fourth-order valence-electron chi connectivity index (χ4n) is 2.83. The summed E-state index contributed by atoms with van der Waals surface area (Å²) in [6.45, 7) is 3.93. The number of hydrogen-bond donors (Lipinski definition) is 2. The number of anilines is 2. The normalized spacial score (nSPS) is 10.6. The molecule has 2 N–H and O–H groups in total. The van der Waals surface area contributed by atoms with E-state index in [0.29, 0.717) is 16.7 Å². The van der Waals surface area contributed by atoms with Crippen LogP contribution in [0.3, 0.4) is 0 Å². The van der Waals surface area contributed by atoms with Crippen molar-refractivity contribution in [2.75, 3.05) is 23.5 Å². The summed E-state index contributed by atoms with van der Waals surface area (Å²) in [5, 5.41) is 14.5. The molecule has 0 fully saturated rings. The smallest absolute Gasteiger partial charge is 0.234 e. The number of aryl methyl sites for hydroxylation is 2. The lowest BCUT2D eigenvalue weighted by Crippen LogP contribution is -2.17. The molecule has 8 nitrogen and oxygen atoms in total. The number of benzene rings is 2. The first kappa shape index (κ1) is 22.4. The number of carbonyl (C=O) groups is 2. The van der Waals surface area contributed by atoms with Crippen LogP contribution in [0.2, 0.25) is 0 Å². The van der Waals surface area contributed by atoms with Gasteiger partial charge in [-0.2, -0.15) is 0 Å². The van der Waals surface area contributed by atoms with Gasteiger partial charge in [-0.05, 0) is 55.3 Å². The molecule has 0 saturated heterocycles. The average molecular weight is 440 g/mol. The third-order valence-electron chi connectivity index (χ3n) is 4.62. The number of aromatic nitrogens is 3. The Kier molecular flexibility index (Phi) is 7.30. The number of carbonyl (C=O) groups excluding carboxylic acids is 2. The van der Waals surface area contributed by atoms with Crippen molar-refractivity contribution in [3.05, 3.63) is 59.4 Å². The molecule has 9 heteroatoms. The summed E-state index contributed by atoms with van der Waals surface area (Å²) >= 11 is 1.27. The SMILES string of the molecule is COc1ccc(NC(=O)Cc2nnc(SCC(=O)Nc3cc(C)ccc3C)n2C)cc1. The van der Waals surface area contributed by atoms with Gasteiger partial charge in [-0.15, -0.1) is 10.2 Å². The molecule has 0 unspecified atom stereocenters. The van der Waals surface area contributed by atoms with E-state index in [9.17, 15) is 9.59 Å². The Balaban J connectivity index is 1.53. The quantitative estimate of drug-likeness (QED) is 0.523. The Morgan fingerprint density at radius 3 is 2.48 bits per heavy atom. The van der Waals surface area contributed by atoms with Gasteiger partial charge in [0, 0.05) is 18.4 Å². The molecule has 2 amide bonds. The minimum atomic E-state index is -0.204. The molecule has 0 aliphatic carbocycles. The zero-order chi connectivity index (χ0) is 22.4. The first-order chi connectivity index (χ1) is 14.9. The van der Waals surface area contributed by atoms with Crippen molar-refractivity contribution in [2.45, 2.75) is 25.4 Å². The predicted octanol–water partition coefficient (Wildman–Crippen LogP) is 3.35. The van der Waals surface area contributed by atoms with E-state index in [1.54, 1.807) is 43.0 Å². The largest absolute Gasteiger partial charge is 0.497 e. The lowest BCUT2D eigenvalue weighted by Gasteiger charge is -2.09. The summed E-state index contributed by atoms with van der Waals surface area (Å²) in [4.78, 5) is 24.7. The number of amides is 2. The molecule has 0 saturated carbocycles. The van der Waals surface area contributed by atoms with Gasteiger partial charge < -0.3 is 19.9 Å². The van der Waals surface area contributed by atoms with E-state index in [1.807, 2.05) is 32.0 Å². The van der Waals surface area contributed by atoms with Gasteiger partial charge in [0.15, 0.2) is 5.16 Å². The van der Waals surface area contributed by atoms with Gasteiger partial charge in [0.25, 0.3) is 0 Å². The molecule has 0 spiro atoms. The molecule has 0 aliphatic heterocycles. The maximum absolute atomic E-state index is 12.3. The van der Waals surface area contributed by atoms with E-state index in [2.05, 4.69) is 20.8 Å². The van der Waals surface area contributed by atoms with Crippen LogP contribution in [-0.2, 0) is 23.1 Å². The van der Waals surface area contributed by atoms with Gasteiger partial charge in [0.2, 0.25) is 11.8 Å². The highest BCUT2D eigenvalue weighted by Crippen LogP contribution is 2.20. The molecule has 0 radical (unpaired) electrons. The lowest BCUT2D eigenvalue weighted by atomic mass is 10.1. The van der Waals surface area contributed by atoms with Crippen LogP contribution < -0.4 is 15.4 Å². The Morgan fingerprint density at radius 2 is 1.77 bits per heavy atom. The molecule has 3 aromatic rings. The monoisotopic (exact) mass is 439 g/mol. The Morgan fingerprint density at radius 1 is 1.03 bits per heavy atom. The van der Waals surface area contributed by atoms with E-state index < -0.39 is 0 Å². The number of hydrogen-bond acceptors (Lipinski definition) is 6. The predicted molar refractivity (Wildman–Crippen MR) is 122 cm³/mol. The number of thioether (sulfide) groups is 1. The van der Waals surface area contributed by atoms with Crippen molar-refractivity contribution in [3.63, 3.8) is 0 Å². The van der Waals surface area contributed by atoms with Crippen LogP contribution in [0.1, 0.15) is 17.0 Å². The molecular formula is C22H25N5O3S. The van der Waals surface area contributed by atoms with Crippen LogP contribution in [0.15, 0.2) is 47.6 Å². The van der Waals surface area contributed by atoms with Crippen molar-refractivity contribution in [1.82, 2.24) is 14.8 Å². The summed E-state index contributed by atoms with van der Waals surface area (Å²) in [5.41, 5.74) is 3.57. The van der Waals surface area contributed by atoms with Gasteiger partial charge in [0.1, 0.15) is 11.6 Å². The van der Waals surface area contributed by atoms with Gasteiger partial charge >= 0.3 is 0 Å². The highest BCUT2D eigenvalue weighted by atomic mass is 32.2. The fourth-order valence-corrected chi connectivity index (χ4v) is 3.56. The maximum Gasteiger partial charge on any atom is 0.234 e. The summed E-state index contributed by atoms with van der Waals surface area (Å²) in [7, 11) is 3.37. The van der Waals surface area contributed by atoms with Gasteiger partial charge in [-0.1, -0.05) is 23.9 Å². The summed E-state index contributed by atoms with van der Waals surface area (Å²) in [5.74, 6) is 1.10. The molecule has 31 heavy (non-hydrogen) atoms. The van der Waals surface area contributed by atoms with Gasteiger partial charge in [-0.3, -0.25) is 9.59 Å². The van der Waals surface area contributed by atoms with Crippen LogP contribution in [0, 0.1) is 13.8 Å². The van der Waals surface area contributed by atoms with Crippen LogP contribution >= 0.6 is 11.8 Å². The molecule has 2 aromatic carbocycles. The molecule has 162 valence electrons. The Labute approximate surface area is 185 Å². The number of methoxy groups -OCH3 is 1. The highest BCUT2D eigenvalue weighted by Gasteiger charge is 2.15.